The number of rotatable bonds is 9. The van der Waals surface area contributed by atoms with E-state index in [1.807, 2.05) is 41.2 Å². The molecule has 0 aromatic rings. The van der Waals surface area contributed by atoms with Crippen LogP contribution in [0, 0.1) is 0 Å². The van der Waals surface area contributed by atoms with Crippen LogP contribution in [0.5, 0.6) is 0 Å². The van der Waals surface area contributed by atoms with Gasteiger partial charge in [-0.25, -0.2) is 0 Å². The number of carbonyl (C=O) groups excluding carboxylic acids is 2. The lowest BCUT2D eigenvalue weighted by molar-refractivity contribution is -0.134. The van der Waals surface area contributed by atoms with Crippen LogP contribution >= 0.6 is 8.03 Å². The van der Waals surface area contributed by atoms with Crippen molar-refractivity contribution in [3.63, 3.8) is 0 Å². The molecule has 1 N–H and O–H groups in total. The van der Waals surface area contributed by atoms with E-state index in [4.69, 9.17) is 8.85 Å². The van der Waals surface area contributed by atoms with Crippen molar-refractivity contribution in [1.82, 2.24) is 0 Å². The van der Waals surface area contributed by atoms with E-state index < -0.39 is 35.4 Å². The quantitative estimate of drug-likeness (QED) is 0.429. The topological polar surface area (TPSA) is 89.9 Å². The summed E-state index contributed by atoms with van der Waals surface area (Å²) in [7, 11) is -8.46. The molecule has 0 radical (unpaired) electrons. The summed E-state index contributed by atoms with van der Waals surface area (Å²) in [6, 6.07) is 0.502. The van der Waals surface area contributed by atoms with Crippen LogP contribution in [-0.2, 0) is 23.0 Å². The third kappa shape index (κ3) is 5.30. The van der Waals surface area contributed by atoms with Gasteiger partial charge >= 0.3 is 0 Å². The van der Waals surface area contributed by atoms with Crippen LogP contribution in [0.4, 0.5) is 0 Å². The minimum absolute atomic E-state index is 0.0135. The highest BCUT2D eigenvalue weighted by atomic mass is 31.1. The smallest absolute Gasteiger partial charge is 0.289 e. The zero-order valence-electron chi connectivity index (χ0n) is 17.9. The predicted octanol–water partition coefficient (Wildman–Crippen LogP) is 4.63. The maximum Gasteiger partial charge on any atom is 0.289 e. The Morgan fingerprint density at radius 2 is 1.42 bits per heavy atom. The predicted molar refractivity (Wildman–Crippen MR) is 111 cm³/mol. The lowest BCUT2D eigenvalue weighted by Gasteiger charge is -2.48. The van der Waals surface area contributed by atoms with E-state index in [9.17, 15) is 19.0 Å². The van der Waals surface area contributed by atoms with Gasteiger partial charge in [0.2, 0.25) is 0 Å². The lowest BCUT2D eigenvalue weighted by atomic mass is 10.5. The fourth-order valence-corrected chi connectivity index (χ4v) is 15.6. The molecule has 0 saturated heterocycles. The van der Waals surface area contributed by atoms with Gasteiger partial charge in [0.15, 0.2) is 8.03 Å². The second kappa shape index (κ2) is 9.17. The molecule has 0 aliphatic heterocycles. The average Bonchev–Trinajstić information content (AvgIpc) is 2.43. The number of hydrogen-bond donors (Lipinski definition) is 1. The van der Waals surface area contributed by atoms with E-state index in [-0.39, 0.29) is 22.6 Å². The van der Waals surface area contributed by atoms with Crippen LogP contribution in [0.1, 0.15) is 62.3 Å². The number of hydrogen-bond acceptors (Lipinski definition) is 5. The Bertz CT molecular complexity index is 551. The zero-order valence-corrected chi connectivity index (χ0v) is 20.9. The molecule has 0 saturated carbocycles. The van der Waals surface area contributed by atoms with Gasteiger partial charge in [0.1, 0.15) is 0 Å². The van der Waals surface area contributed by atoms with E-state index in [1.54, 1.807) is 13.8 Å². The molecule has 4 unspecified atom stereocenters. The average molecular weight is 425 g/mol. The largest absolute Gasteiger partial charge is 0.519 e. The molecule has 0 spiro atoms. The maximum atomic E-state index is 12.3. The first kappa shape index (κ1) is 25.6. The molecule has 4 atom stereocenters. The van der Waals surface area contributed by atoms with Crippen molar-refractivity contribution in [3.05, 3.63) is 0 Å². The molecule has 0 rings (SSSR count). The molecule has 154 valence electrons. The normalized spacial score (nSPS) is 19.4. The van der Waals surface area contributed by atoms with Gasteiger partial charge in [-0.1, -0.05) is 48.5 Å². The summed E-state index contributed by atoms with van der Waals surface area (Å²) in [6.07, 6.45) is 0. The van der Waals surface area contributed by atoms with E-state index in [1.165, 1.54) is 13.8 Å². The molecule has 0 aliphatic rings. The first-order chi connectivity index (χ1) is 11.5. The highest BCUT2D eigenvalue weighted by Crippen LogP contribution is 2.53. The van der Waals surface area contributed by atoms with Gasteiger partial charge in [-0.2, -0.15) is 0 Å². The second-order valence-electron chi connectivity index (χ2n) is 8.61. The Balaban J connectivity index is 6.27. The third-order valence-corrected chi connectivity index (χ3v) is 20.4. The van der Waals surface area contributed by atoms with Crippen molar-refractivity contribution in [2.75, 3.05) is 0 Å². The Morgan fingerprint density at radius 3 is 1.69 bits per heavy atom. The van der Waals surface area contributed by atoms with Gasteiger partial charge in [0, 0.05) is 13.8 Å². The molecular formula is C17H37O6PSi2. The van der Waals surface area contributed by atoms with Crippen LogP contribution in [-0.4, -0.2) is 38.2 Å². The lowest BCUT2D eigenvalue weighted by Crippen LogP contribution is -2.60. The molecular weight excluding hydrogens is 387 g/mol. The van der Waals surface area contributed by atoms with Crippen LogP contribution in [0.25, 0.3) is 0 Å². The molecule has 0 aromatic heterocycles. The first-order valence-electron chi connectivity index (χ1n) is 9.17. The van der Waals surface area contributed by atoms with Gasteiger partial charge in [-0.15, -0.1) is 0 Å². The Labute approximate surface area is 161 Å². The summed E-state index contributed by atoms with van der Waals surface area (Å²) in [4.78, 5) is 33.7. The van der Waals surface area contributed by atoms with Crippen LogP contribution in [0.3, 0.4) is 0 Å². The fourth-order valence-electron chi connectivity index (χ4n) is 3.69. The molecule has 0 aliphatic carbocycles. The number of carbonyl (C=O) groups is 2. The second-order valence-corrected chi connectivity index (χ2v) is 20.5. The fraction of sp³-hybridized carbons (Fsp3) is 0.882. The summed E-state index contributed by atoms with van der Waals surface area (Å²) >= 11 is 0. The van der Waals surface area contributed by atoms with Gasteiger partial charge in [-0.3, -0.25) is 14.2 Å². The first-order valence-corrected chi connectivity index (χ1v) is 15.3. The van der Waals surface area contributed by atoms with Gasteiger partial charge in [-0.05, 0) is 29.2 Å². The van der Waals surface area contributed by atoms with Crippen LogP contribution in [0.2, 0.25) is 29.2 Å². The van der Waals surface area contributed by atoms with E-state index >= 15 is 0 Å². The molecule has 0 aromatic carbocycles. The van der Waals surface area contributed by atoms with Crippen molar-refractivity contribution < 1.29 is 27.9 Å². The zero-order chi connectivity index (χ0) is 21.1. The van der Waals surface area contributed by atoms with Crippen molar-refractivity contribution in [1.29, 1.82) is 0 Å². The van der Waals surface area contributed by atoms with Crippen molar-refractivity contribution in [3.8, 4) is 0 Å². The maximum absolute atomic E-state index is 12.3. The molecule has 0 amide bonds. The summed E-state index contributed by atoms with van der Waals surface area (Å²) in [5, 5.41) is 0. The highest BCUT2D eigenvalue weighted by Gasteiger charge is 2.60. The Kier molecular flexibility index (Phi) is 9.02. The Morgan fingerprint density at radius 1 is 1.00 bits per heavy atom. The van der Waals surface area contributed by atoms with Crippen LogP contribution in [0.15, 0.2) is 0 Å². The molecule has 0 heterocycles. The Hall–Kier alpha value is -0.436. The van der Waals surface area contributed by atoms with E-state index in [2.05, 4.69) is 0 Å². The minimum Gasteiger partial charge on any atom is -0.519 e. The molecule has 9 heteroatoms. The summed E-state index contributed by atoms with van der Waals surface area (Å²) in [5.41, 5.74) is 0.111. The van der Waals surface area contributed by atoms with Crippen molar-refractivity contribution in [2.45, 2.75) is 96.3 Å². The molecule has 6 nitrogen and oxygen atoms in total. The van der Waals surface area contributed by atoms with Gasteiger partial charge in [0.25, 0.3) is 28.6 Å². The third-order valence-electron chi connectivity index (χ3n) is 5.95. The standard InChI is InChI=1S/C17H37O6PSi2/c1-12(2)25(10,22-15(6)18)14(5)11-26(13(3)4,23-16(7)19)17(8,9)24(20)21/h12-14,24H,11H2,1-10H3,(H,20,21). The van der Waals surface area contributed by atoms with Crippen molar-refractivity contribution in [2.24, 2.45) is 0 Å². The van der Waals surface area contributed by atoms with Gasteiger partial charge in [0.05, 0.1) is 4.78 Å². The van der Waals surface area contributed by atoms with Crippen LogP contribution < -0.4 is 0 Å². The monoisotopic (exact) mass is 424 g/mol. The van der Waals surface area contributed by atoms with Gasteiger partial charge < -0.3 is 13.7 Å². The summed E-state index contributed by atoms with van der Waals surface area (Å²) in [5.74, 6) is -0.728. The highest BCUT2D eigenvalue weighted by molar-refractivity contribution is 7.44. The SMILES string of the molecule is CC(=O)O[Si](C)(C(C)C)C(C)C[Si](OC(C)=O)(C(C)C)C(C)(C)[PH](=O)O. The minimum atomic E-state index is -3.02. The summed E-state index contributed by atoms with van der Waals surface area (Å²) < 4.78 is 23.0. The van der Waals surface area contributed by atoms with E-state index in [0.717, 1.165) is 0 Å². The van der Waals surface area contributed by atoms with Crippen molar-refractivity contribution >= 4 is 36.6 Å². The molecule has 26 heavy (non-hydrogen) atoms. The summed E-state index contributed by atoms with van der Waals surface area (Å²) in [6.45, 7) is 18.3. The molecule has 0 fully saturated rings. The molecule has 0 bridgehead atoms. The van der Waals surface area contributed by atoms with E-state index in [0.29, 0.717) is 6.04 Å².